The Morgan fingerprint density at radius 2 is 1.78 bits per heavy atom. The molecule has 0 fully saturated rings. The lowest BCUT2D eigenvalue weighted by Crippen LogP contribution is -2.33. The number of anilines is 1. The summed E-state index contributed by atoms with van der Waals surface area (Å²) in [6.45, 7) is 1.68. The van der Waals surface area contributed by atoms with E-state index in [1.54, 1.807) is 25.3 Å². The fraction of sp³-hybridized carbons (Fsp3) is 0.222. The molecule has 0 aromatic heterocycles. The second-order valence-electron chi connectivity index (χ2n) is 5.29. The summed E-state index contributed by atoms with van der Waals surface area (Å²) in [5, 5.41) is 3.96. The summed E-state index contributed by atoms with van der Waals surface area (Å²) >= 11 is 0. The van der Waals surface area contributed by atoms with Crippen LogP contribution in [0.5, 0.6) is 5.75 Å². The van der Waals surface area contributed by atoms with Crippen molar-refractivity contribution in [1.82, 2.24) is 5.43 Å². The van der Waals surface area contributed by atoms with Crippen molar-refractivity contribution in [1.29, 1.82) is 0 Å². The fourth-order valence-corrected chi connectivity index (χ4v) is 1.88. The zero-order chi connectivity index (χ0) is 16.7. The van der Waals surface area contributed by atoms with Gasteiger partial charge in [-0.15, -0.1) is 0 Å². The number of hydrogen-bond donors (Lipinski definition) is 1. The van der Waals surface area contributed by atoms with Crippen LogP contribution in [0.2, 0.25) is 0 Å². The normalized spacial score (nSPS) is 12.0. The number of benzene rings is 2. The molecule has 2 aromatic rings. The van der Waals surface area contributed by atoms with Gasteiger partial charge in [-0.2, -0.15) is 5.10 Å². The first-order chi connectivity index (χ1) is 11.1. The molecule has 0 spiro atoms. The molecule has 1 N–H and O–H groups in total. The van der Waals surface area contributed by atoms with Crippen molar-refractivity contribution in [3.05, 3.63) is 60.2 Å². The van der Waals surface area contributed by atoms with E-state index in [4.69, 9.17) is 4.74 Å². The van der Waals surface area contributed by atoms with E-state index >= 15 is 0 Å². The molecule has 5 heteroatoms. The van der Waals surface area contributed by atoms with Crippen LogP contribution < -0.4 is 15.1 Å². The van der Waals surface area contributed by atoms with Crippen LogP contribution in [0.1, 0.15) is 12.5 Å². The average molecular weight is 311 g/mol. The third kappa shape index (κ3) is 5.14. The van der Waals surface area contributed by atoms with E-state index in [0.29, 0.717) is 5.75 Å². The van der Waals surface area contributed by atoms with Gasteiger partial charge in [0.25, 0.3) is 5.91 Å². The monoisotopic (exact) mass is 311 g/mol. The van der Waals surface area contributed by atoms with Crippen LogP contribution in [0.3, 0.4) is 0 Å². The zero-order valence-electron chi connectivity index (χ0n) is 13.6. The molecule has 2 aromatic carbocycles. The summed E-state index contributed by atoms with van der Waals surface area (Å²) < 4.78 is 5.53. The largest absolute Gasteiger partial charge is 0.481 e. The van der Waals surface area contributed by atoms with Crippen LogP contribution in [0.4, 0.5) is 5.69 Å². The second kappa shape index (κ2) is 7.98. The fourth-order valence-electron chi connectivity index (χ4n) is 1.88. The molecule has 0 aliphatic rings. The SMILES string of the molecule is CC(Oc1ccccc1)C(=O)NN=Cc1ccc(N(C)C)cc1. The number of para-hydroxylation sites is 1. The van der Waals surface area contributed by atoms with Gasteiger partial charge in [-0.25, -0.2) is 5.43 Å². The Labute approximate surface area is 136 Å². The molecule has 23 heavy (non-hydrogen) atoms. The van der Waals surface area contributed by atoms with Crippen molar-refractivity contribution in [2.75, 3.05) is 19.0 Å². The molecule has 0 aliphatic heterocycles. The number of ether oxygens (including phenoxy) is 1. The maximum atomic E-state index is 11.9. The van der Waals surface area contributed by atoms with E-state index in [1.807, 2.05) is 61.5 Å². The molecule has 0 saturated carbocycles. The molecule has 0 heterocycles. The van der Waals surface area contributed by atoms with Crippen molar-refractivity contribution < 1.29 is 9.53 Å². The highest BCUT2D eigenvalue weighted by atomic mass is 16.5. The number of nitrogens with zero attached hydrogens (tertiary/aromatic N) is 2. The van der Waals surface area contributed by atoms with E-state index in [9.17, 15) is 4.79 Å². The van der Waals surface area contributed by atoms with Crippen LogP contribution in [0.25, 0.3) is 0 Å². The summed E-state index contributed by atoms with van der Waals surface area (Å²) in [7, 11) is 3.97. The van der Waals surface area contributed by atoms with Gasteiger partial charge < -0.3 is 9.64 Å². The number of rotatable bonds is 6. The first-order valence-corrected chi connectivity index (χ1v) is 7.38. The molecule has 0 saturated heterocycles. The molecule has 1 atom stereocenters. The third-order valence-electron chi connectivity index (χ3n) is 3.22. The molecule has 0 aliphatic carbocycles. The molecule has 2 rings (SSSR count). The van der Waals surface area contributed by atoms with Crippen molar-refractivity contribution >= 4 is 17.8 Å². The van der Waals surface area contributed by atoms with Gasteiger partial charge >= 0.3 is 0 Å². The van der Waals surface area contributed by atoms with Gasteiger partial charge in [0, 0.05) is 19.8 Å². The van der Waals surface area contributed by atoms with Gasteiger partial charge in [0.05, 0.1) is 6.21 Å². The average Bonchev–Trinajstić information content (AvgIpc) is 2.56. The van der Waals surface area contributed by atoms with Crippen molar-refractivity contribution in [2.24, 2.45) is 5.10 Å². The van der Waals surface area contributed by atoms with Crippen molar-refractivity contribution in [2.45, 2.75) is 13.0 Å². The number of carbonyl (C=O) groups excluding carboxylic acids is 1. The lowest BCUT2D eigenvalue weighted by atomic mass is 10.2. The molecule has 1 amide bonds. The molecular formula is C18H21N3O2. The molecule has 5 nitrogen and oxygen atoms in total. The van der Waals surface area contributed by atoms with Crippen molar-refractivity contribution in [3.63, 3.8) is 0 Å². The summed E-state index contributed by atoms with van der Waals surface area (Å²) in [6, 6.07) is 17.1. The molecule has 1 unspecified atom stereocenters. The van der Waals surface area contributed by atoms with E-state index in [0.717, 1.165) is 11.3 Å². The Bertz CT molecular complexity index is 652. The minimum atomic E-state index is -0.620. The Morgan fingerprint density at radius 3 is 2.39 bits per heavy atom. The van der Waals surface area contributed by atoms with Crippen LogP contribution in [-0.2, 0) is 4.79 Å². The predicted molar refractivity (Wildman–Crippen MR) is 93.0 cm³/mol. The maximum Gasteiger partial charge on any atom is 0.280 e. The topological polar surface area (TPSA) is 53.9 Å². The number of hydrazone groups is 1. The number of hydrogen-bond acceptors (Lipinski definition) is 4. The van der Waals surface area contributed by atoms with Gasteiger partial charge in [0.1, 0.15) is 5.75 Å². The van der Waals surface area contributed by atoms with Crippen LogP contribution in [-0.4, -0.2) is 32.3 Å². The lowest BCUT2D eigenvalue weighted by molar-refractivity contribution is -0.127. The Hall–Kier alpha value is -2.82. The lowest BCUT2D eigenvalue weighted by Gasteiger charge is -2.12. The quantitative estimate of drug-likeness (QED) is 0.659. The van der Waals surface area contributed by atoms with Gasteiger partial charge in [-0.1, -0.05) is 30.3 Å². The Morgan fingerprint density at radius 1 is 1.13 bits per heavy atom. The van der Waals surface area contributed by atoms with Crippen LogP contribution in [0, 0.1) is 0 Å². The number of amides is 1. The highest BCUT2D eigenvalue weighted by Crippen LogP contribution is 2.11. The number of carbonyl (C=O) groups is 1. The molecule has 0 bridgehead atoms. The van der Waals surface area contributed by atoms with E-state index in [-0.39, 0.29) is 5.91 Å². The number of nitrogens with one attached hydrogen (secondary N) is 1. The summed E-state index contributed by atoms with van der Waals surface area (Å²) in [5.41, 5.74) is 4.50. The Kier molecular flexibility index (Phi) is 5.74. The van der Waals surface area contributed by atoms with Crippen LogP contribution in [0.15, 0.2) is 59.7 Å². The summed E-state index contributed by atoms with van der Waals surface area (Å²) in [5.74, 6) is 0.355. The summed E-state index contributed by atoms with van der Waals surface area (Å²) in [6.07, 6.45) is 0.984. The van der Waals surface area contributed by atoms with Gasteiger partial charge in [0.15, 0.2) is 6.10 Å². The van der Waals surface area contributed by atoms with Crippen LogP contribution >= 0.6 is 0 Å². The van der Waals surface area contributed by atoms with Gasteiger partial charge in [0.2, 0.25) is 0 Å². The standard InChI is InChI=1S/C18H21N3O2/c1-14(23-17-7-5-4-6-8-17)18(22)20-19-13-15-9-11-16(12-10-15)21(2)3/h4-14H,1-3H3,(H,20,22). The minimum absolute atomic E-state index is 0.296. The first-order valence-electron chi connectivity index (χ1n) is 7.38. The smallest absolute Gasteiger partial charge is 0.280 e. The second-order valence-corrected chi connectivity index (χ2v) is 5.29. The predicted octanol–water partition coefficient (Wildman–Crippen LogP) is 2.67. The maximum absolute atomic E-state index is 11.9. The molecule has 0 radical (unpaired) electrons. The third-order valence-corrected chi connectivity index (χ3v) is 3.22. The Balaban J connectivity index is 1.85. The minimum Gasteiger partial charge on any atom is -0.481 e. The van der Waals surface area contributed by atoms with E-state index in [2.05, 4.69) is 10.5 Å². The zero-order valence-corrected chi connectivity index (χ0v) is 13.6. The van der Waals surface area contributed by atoms with Crippen molar-refractivity contribution in [3.8, 4) is 5.75 Å². The van der Waals surface area contributed by atoms with E-state index in [1.165, 1.54) is 0 Å². The van der Waals surface area contributed by atoms with Gasteiger partial charge in [-0.05, 0) is 36.8 Å². The first kappa shape index (κ1) is 16.5. The van der Waals surface area contributed by atoms with E-state index < -0.39 is 6.10 Å². The highest BCUT2D eigenvalue weighted by molar-refractivity contribution is 5.84. The highest BCUT2D eigenvalue weighted by Gasteiger charge is 2.13. The molecule has 120 valence electrons. The molecular weight excluding hydrogens is 290 g/mol. The summed E-state index contributed by atoms with van der Waals surface area (Å²) in [4.78, 5) is 13.9. The van der Waals surface area contributed by atoms with Gasteiger partial charge in [-0.3, -0.25) is 4.79 Å².